The van der Waals surface area contributed by atoms with Gasteiger partial charge in [-0.3, -0.25) is 14.0 Å². The van der Waals surface area contributed by atoms with Gasteiger partial charge in [0.1, 0.15) is 11.3 Å². The molecule has 0 radical (unpaired) electrons. The largest absolute Gasteiger partial charge is 0.505 e. The monoisotopic (exact) mass is 471 g/mol. The zero-order valence-corrected chi connectivity index (χ0v) is 19.2. The van der Waals surface area contributed by atoms with Crippen LogP contribution in [-0.4, -0.2) is 37.6 Å². The van der Waals surface area contributed by atoms with E-state index < -0.39 is 17.7 Å². The van der Waals surface area contributed by atoms with Crippen molar-refractivity contribution >= 4 is 34.7 Å². The smallest absolute Gasteiger partial charge is 0.295 e. The lowest BCUT2D eigenvalue weighted by atomic mass is 9.96. The van der Waals surface area contributed by atoms with E-state index >= 15 is 0 Å². The van der Waals surface area contributed by atoms with E-state index in [1.54, 1.807) is 41.8 Å². The molecule has 3 heterocycles. The van der Waals surface area contributed by atoms with E-state index in [2.05, 4.69) is 4.98 Å². The van der Waals surface area contributed by atoms with Crippen LogP contribution >= 0.6 is 11.6 Å². The number of halogens is 1. The first-order valence-corrected chi connectivity index (χ1v) is 11.4. The standard InChI is InChI=1S/C27H22ClN3O3/c1-17-23(30-15-6-5-9-21(30)29-17)25(32)22-24(19-10-12-20(28)13-11-19)31(27(34)26(22)33)16-14-18-7-3-2-4-8-18/h2-13,15,24,32H,14,16H2,1H3/b25-22+. The SMILES string of the molecule is Cc1nc2ccccn2c1/C(O)=C1\C(=O)C(=O)N(CCc2ccccc2)C1c1ccc(Cl)cc1. The van der Waals surface area contributed by atoms with Gasteiger partial charge in [0, 0.05) is 17.8 Å². The van der Waals surface area contributed by atoms with E-state index in [0.29, 0.717) is 40.6 Å². The summed E-state index contributed by atoms with van der Waals surface area (Å²) in [5, 5.41) is 12.0. The summed E-state index contributed by atoms with van der Waals surface area (Å²) < 4.78 is 1.72. The minimum Gasteiger partial charge on any atom is -0.505 e. The number of benzene rings is 2. The van der Waals surface area contributed by atoms with Crippen molar-refractivity contribution in [1.82, 2.24) is 14.3 Å². The molecule has 1 aliphatic rings. The van der Waals surface area contributed by atoms with Gasteiger partial charge in [-0.15, -0.1) is 0 Å². The minimum absolute atomic E-state index is 0.0501. The number of aryl methyl sites for hydroxylation is 1. The molecule has 5 rings (SSSR count). The number of likely N-dealkylation sites (tertiary alicyclic amines) is 1. The maximum Gasteiger partial charge on any atom is 0.295 e. The highest BCUT2D eigenvalue weighted by Gasteiger charge is 2.46. The van der Waals surface area contributed by atoms with Gasteiger partial charge in [0.2, 0.25) is 0 Å². The molecule has 1 saturated heterocycles. The predicted octanol–water partition coefficient (Wildman–Crippen LogP) is 4.96. The summed E-state index contributed by atoms with van der Waals surface area (Å²) in [6.45, 7) is 2.09. The molecule has 1 amide bonds. The summed E-state index contributed by atoms with van der Waals surface area (Å²) in [5.74, 6) is -1.59. The molecule has 0 saturated carbocycles. The topological polar surface area (TPSA) is 74.9 Å². The van der Waals surface area contributed by atoms with Gasteiger partial charge in [0.25, 0.3) is 11.7 Å². The second-order valence-corrected chi connectivity index (χ2v) is 8.69. The lowest BCUT2D eigenvalue weighted by Gasteiger charge is -2.25. The van der Waals surface area contributed by atoms with Gasteiger partial charge in [0.05, 0.1) is 17.3 Å². The molecule has 1 unspecified atom stereocenters. The summed E-state index contributed by atoms with van der Waals surface area (Å²) in [5.41, 5.74) is 3.41. The number of carbonyl (C=O) groups is 2. The average molecular weight is 472 g/mol. The van der Waals surface area contributed by atoms with Crippen LogP contribution in [0.3, 0.4) is 0 Å². The second-order valence-electron chi connectivity index (χ2n) is 8.25. The van der Waals surface area contributed by atoms with Crippen molar-refractivity contribution in [3.05, 3.63) is 112 Å². The Bertz CT molecular complexity index is 1420. The summed E-state index contributed by atoms with van der Waals surface area (Å²) in [6, 6.07) is 21.5. The number of rotatable bonds is 5. The van der Waals surface area contributed by atoms with Crippen LogP contribution in [0.2, 0.25) is 5.02 Å². The van der Waals surface area contributed by atoms with Crippen molar-refractivity contribution in [2.75, 3.05) is 6.54 Å². The number of Topliss-reactive ketones (excluding diaryl/α,β-unsaturated/α-hetero) is 1. The van der Waals surface area contributed by atoms with Gasteiger partial charge >= 0.3 is 0 Å². The molecule has 4 aromatic rings. The Balaban J connectivity index is 1.65. The molecule has 170 valence electrons. The van der Waals surface area contributed by atoms with Crippen LogP contribution in [0.5, 0.6) is 0 Å². The van der Waals surface area contributed by atoms with Gasteiger partial charge in [-0.2, -0.15) is 0 Å². The molecule has 1 aliphatic heterocycles. The highest BCUT2D eigenvalue weighted by atomic mass is 35.5. The van der Waals surface area contributed by atoms with Crippen LogP contribution in [0.4, 0.5) is 0 Å². The van der Waals surface area contributed by atoms with Gasteiger partial charge in [-0.1, -0.05) is 60.1 Å². The fourth-order valence-electron chi connectivity index (χ4n) is 4.52. The fraction of sp³-hybridized carbons (Fsp3) is 0.148. The molecule has 0 bridgehead atoms. The van der Waals surface area contributed by atoms with E-state index in [1.165, 1.54) is 4.90 Å². The molecule has 2 aromatic carbocycles. The van der Waals surface area contributed by atoms with E-state index in [0.717, 1.165) is 5.56 Å². The van der Waals surface area contributed by atoms with Crippen molar-refractivity contribution in [2.45, 2.75) is 19.4 Å². The van der Waals surface area contributed by atoms with E-state index in [4.69, 9.17) is 11.6 Å². The quantitative estimate of drug-likeness (QED) is 0.253. The lowest BCUT2D eigenvalue weighted by molar-refractivity contribution is -0.139. The molecule has 34 heavy (non-hydrogen) atoms. The molecule has 0 spiro atoms. The number of hydrogen-bond acceptors (Lipinski definition) is 4. The highest BCUT2D eigenvalue weighted by Crippen LogP contribution is 2.40. The number of aromatic nitrogens is 2. The van der Waals surface area contributed by atoms with Gasteiger partial charge in [-0.25, -0.2) is 4.98 Å². The van der Waals surface area contributed by atoms with E-state index in [1.807, 2.05) is 48.5 Å². The molecular weight excluding hydrogens is 450 g/mol. The number of imidazole rings is 1. The average Bonchev–Trinajstić information content (AvgIpc) is 3.31. The number of ketones is 1. The molecule has 6 nitrogen and oxygen atoms in total. The number of fused-ring (bicyclic) bond motifs is 1. The Labute approximate surface area is 201 Å². The van der Waals surface area contributed by atoms with Crippen LogP contribution in [0.15, 0.2) is 84.6 Å². The number of aliphatic hydroxyl groups is 1. The molecular formula is C27H22ClN3O3. The number of aliphatic hydroxyl groups excluding tert-OH is 1. The Morgan fingerprint density at radius 2 is 1.71 bits per heavy atom. The van der Waals surface area contributed by atoms with Crippen LogP contribution < -0.4 is 0 Å². The highest BCUT2D eigenvalue weighted by molar-refractivity contribution is 6.46. The van der Waals surface area contributed by atoms with Crippen molar-refractivity contribution in [1.29, 1.82) is 0 Å². The Kier molecular flexibility index (Phi) is 5.67. The third kappa shape index (κ3) is 3.76. The van der Waals surface area contributed by atoms with Crippen molar-refractivity contribution < 1.29 is 14.7 Å². The first kappa shape index (κ1) is 21.9. The number of hydrogen-bond donors (Lipinski definition) is 1. The molecule has 1 fully saturated rings. The van der Waals surface area contributed by atoms with Crippen LogP contribution in [-0.2, 0) is 16.0 Å². The van der Waals surface area contributed by atoms with Crippen molar-refractivity contribution in [3.8, 4) is 0 Å². The molecule has 2 aromatic heterocycles. The minimum atomic E-state index is -0.741. The van der Waals surface area contributed by atoms with E-state index in [-0.39, 0.29) is 11.3 Å². The van der Waals surface area contributed by atoms with Gasteiger partial charge in [0.15, 0.2) is 5.76 Å². The lowest BCUT2D eigenvalue weighted by Crippen LogP contribution is -2.31. The molecule has 0 aliphatic carbocycles. The Hall–Kier alpha value is -3.90. The van der Waals surface area contributed by atoms with Gasteiger partial charge in [-0.05, 0) is 48.7 Å². The number of amides is 1. The zero-order valence-electron chi connectivity index (χ0n) is 18.5. The summed E-state index contributed by atoms with van der Waals surface area (Å²) in [7, 11) is 0. The summed E-state index contributed by atoms with van der Waals surface area (Å²) in [6.07, 6.45) is 2.35. The van der Waals surface area contributed by atoms with E-state index in [9.17, 15) is 14.7 Å². The Morgan fingerprint density at radius 1 is 1.00 bits per heavy atom. The fourth-order valence-corrected chi connectivity index (χ4v) is 4.65. The molecule has 1 N–H and O–H groups in total. The first-order valence-electron chi connectivity index (χ1n) is 11.0. The van der Waals surface area contributed by atoms with Crippen molar-refractivity contribution in [3.63, 3.8) is 0 Å². The number of pyridine rings is 1. The predicted molar refractivity (Wildman–Crippen MR) is 131 cm³/mol. The molecule has 1 atom stereocenters. The summed E-state index contributed by atoms with van der Waals surface area (Å²) >= 11 is 6.10. The van der Waals surface area contributed by atoms with Crippen LogP contribution in [0.1, 0.15) is 28.6 Å². The first-order chi connectivity index (χ1) is 16.5. The maximum atomic E-state index is 13.3. The zero-order chi connectivity index (χ0) is 23.8. The second kappa shape index (κ2) is 8.80. The number of nitrogens with zero attached hydrogens (tertiary/aromatic N) is 3. The van der Waals surface area contributed by atoms with Crippen LogP contribution in [0, 0.1) is 6.92 Å². The third-order valence-electron chi connectivity index (χ3n) is 6.14. The Morgan fingerprint density at radius 3 is 2.44 bits per heavy atom. The third-order valence-corrected chi connectivity index (χ3v) is 6.39. The van der Waals surface area contributed by atoms with Crippen LogP contribution in [0.25, 0.3) is 11.4 Å². The van der Waals surface area contributed by atoms with Crippen molar-refractivity contribution in [2.24, 2.45) is 0 Å². The van der Waals surface area contributed by atoms with Gasteiger partial charge < -0.3 is 10.0 Å². The molecule has 7 heteroatoms. The normalized spacial score (nSPS) is 17.6. The maximum absolute atomic E-state index is 13.3. The number of carbonyl (C=O) groups excluding carboxylic acids is 2. The summed E-state index contributed by atoms with van der Waals surface area (Å²) in [4.78, 5) is 32.5.